The van der Waals surface area contributed by atoms with Gasteiger partial charge in [0, 0.05) is 0 Å². The van der Waals surface area contributed by atoms with E-state index in [2.05, 4.69) is 143 Å². The molecule has 3 nitrogen and oxygen atoms in total. The van der Waals surface area contributed by atoms with Crippen molar-refractivity contribution in [2.24, 2.45) is 0 Å². The van der Waals surface area contributed by atoms with E-state index in [0.29, 0.717) is 0 Å². The summed E-state index contributed by atoms with van der Waals surface area (Å²) in [6, 6.07) is 34.9. The number of unbranched alkanes of at least 4 members (excludes halogenated alkanes) is 6. The zero-order valence-corrected chi connectivity index (χ0v) is 48.5. The molecule has 0 aliphatic rings. The van der Waals surface area contributed by atoms with Crippen molar-refractivity contribution in [3.05, 3.63) is 102 Å². The summed E-state index contributed by atoms with van der Waals surface area (Å²) in [6.45, 7) is 14.3. The van der Waals surface area contributed by atoms with Crippen molar-refractivity contribution in [1.82, 2.24) is 15.0 Å². The van der Waals surface area contributed by atoms with Crippen molar-refractivity contribution in [3.63, 3.8) is 0 Å². The van der Waals surface area contributed by atoms with E-state index < -0.39 is 36.8 Å². The van der Waals surface area contributed by atoms with Crippen LogP contribution in [0.15, 0.2) is 102 Å². The Morgan fingerprint density at radius 1 is 0.344 bits per heavy atom. The summed E-state index contributed by atoms with van der Waals surface area (Å²) in [4.78, 5) is 24.6. The molecule has 338 valence electrons. The molecule has 7 aromatic rings. The van der Waals surface area contributed by atoms with E-state index in [4.69, 9.17) is 15.0 Å². The molecule has 0 radical (unpaired) electrons. The van der Waals surface area contributed by atoms with Crippen molar-refractivity contribution < 1.29 is 0 Å². The molecule has 0 spiro atoms. The third kappa shape index (κ3) is 12.3. The first kappa shape index (κ1) is 49.7. The molecule has 0 saturated carbocycles. The second-order valence-electron chi connectivity index (χ2n) is 18.1. The van der Waals surface area contributed by atoms with Crippen molar-refractivity contribution >= 4 is 89.3 Å². The van der Waals surface area contributed by atoms with E-state index in [9.17, 15) is 0 Å². The van der Waals surface area contributed by atoms with Gasteiger partial charge in [0.1, 0.15) is 0 Å². The quantitative estimate of drug-likeness (QED) is 0.0507. The monoisotopic (exact) mass is 1140 g/mol. The summed E-state index contributed by atoms with van der Waals surface area (Å²) >= 11 is 1.63. The van der Waals surface area contributed by atoms with Gasteiger partial charge in [0.05, 0.1) is 0 Å². The average molecular weight is 1140 g/mol. The molecule has 0 atom stereocenters. The van der Waals surface area contributed by atoms with Gasteiger partial charge < -0.3 is 0 Å². The van der Waals surface area contributed by atoms with Crippen LogP contribution in [0.25, 0.3) is 63.4 Å². The first-order chi connectivity index (χ1) is 31.4. The Kier molecular flexibility index (Phi) is 19.2. The summed E-state index contributed by atoms with van der Waals surface area (Å²) in [5.41, 5.74) is 6.26. The van der Waals surface area contributed by atoms with Crippen LogP contribution in [0, 0.1) is 0 Å². The second-order valence-corrected chi connectivity index (χ2v) is 48.7. The molecular weight excluding hydrogens is 1070 g/mol. The molecule has 7 heterocycles. The standard InChI is InChI=1S/C31H17N3S4.6C4H9.2Sn/c1-6-20(22-8-2-10-24(33-22)26-14-16-30(37-26)28-12-4-18-35-28)32-21(7-1)23-9-3-11-25(34-23)27-15-17-31(38-27)29-13-5-19-36-29;6*1-3-4-2;;/h1,4-19H;6*1,3-4H2,2H3;;. The van der Waals surface area contributed by atoms with Gasteiger partial charge in [-0.15, -0.1) is 0 Å². The molecule has 0 amide bonds. The zero-order valence-electron chi connectivity index (χ0n) is 39.5. The third-order valence-corrected chi connectivity index (χ3v) is 48.9. The van der Waals surface area contributed by atoms with E-state index in [0.717, 1.165) is 34.2 Å². The topological polar surface area (TPSA) is 38.7 Å². The molecule has 0 aromatic carbocycles. The molecule has 0 aliphatic carbocycles. The molecule has 64 heavy (non-hydrogen) atoms. The minimum atomic E-state index is -2.89. The first-order valence-electron chi connectivity index (χ1n) is 24.7. The van der Waals surface area contributed by atoms with Crippen LogP contribution < -0.4 is 7.16 Å². The Morgan fingerprint density at radius 3 is 1.00 bits per heavy atom. The van der Waals surface area contributed by atoms with Crippen molar-refractivity contribution in [3.8, 4) is 63.4 Å². The van der Waals surface area contributed by atoms with E-state index in [-0.39, 0.29) is 0 Å². The van der Waals surface area contributed by atoms with Gasteiger partial charge in [-0.05, 0) is 0 Å². The van der Waals surface area contributed by atoms with Crippen molar-refractivity contribution in [2.45, 2.75) is 145 Å². The molecule has 9 heteroatoms. The Hall–Kier alpha value is -2.15. The molecule has 0 aliphatic heterocycles. The number of rotatable bonds is 26. The minimum absolute atomic E-state index is 0.972. The normalized spacial score (nSPS) is 12.1. The zero-order chi connectivity index (χ0) is 44.8. The van der Waals surface area contributed by atoms with E-state index in [1.54, 1.807) is 7.16 Å². The van der Waals surface area contributed by atoms with E-state index >= 15 is 0 Å². The number of hydrogen-bond donors (Lipinski definition) is 0. The number of aromatic nitrogens is 3. The molecule has 0 saturated heterocycles. The third-order valence-electron chi connectivity index (χ3n) is 13.4. The molecule has 0 fully saturated rings. The van der Waals surface area contributed by atoms with Gasteiger partial charge in [-0.3, -0.25) is 0 Å². The molecule has 7 rings (SSSR count). The number of thiophene rings is 4. The van der Waals surface area contributed by atoms with Crippen LogP contribution in [0.3, 0.4) is 0 Å². The SMILES string of the molecule is CCC[CH2][Sn]([CH2]CCC)([CH2]CCC)[c]1cc(-c2cccc(-c3c[c]([Sn]([CH2]CCC)([CH2]CCC)[CH2]CCC)cc(-c4ccc(-c5cccs5)s4)n3)n2)nc(-c2ccc(-c3cccs3)s2)c1. The first-order valence-corrected chi connectivity index (χ1v) is 43.0. The Morgan fingerprint density at radius 2 is 0.672 bits per heavy atom. The number of hydrogen-bond acceptors (Lipinski definition) is 7. The fourth-order valence-electron chi connectivity index (χ4n) is 9.67. The van der Waals surface area contributed by atoms with Gasteiger partial charge in [-0.25, -0.2) is 0 Å². The van der Waals surface area contributed by atoms with Gasteiger partial charge >= 0.3 is 415 Å². The summed E-state index contributed by atoms with van der Waals surface area (Å²) < 4.78 is 11.8. The molecule has 0 unspecified atom stereocenters. The van der Waals surface area contributed by atoms with Gasteiger partial charge in [-0.2, -0.15) is 0 Å². The van der Waals surface area contributed by atoms with Crippen LogP contribution in [-0.2, 0) is 0 Å². The molecule has 0 N–H and O–H groups in total. The molecule has 7 aromatic heterocycles. The Labute approximate surface area is 410 Å². The second kappa shape index (κ2) is 24.7. The van der Waals surface area contributed by atoms with Crippen LogP contribution in [0.4, 0.5) is 0 Å². The maximum absolute atomic E-state index is 5.63. The number of pyridine rings is 3. The Bertz CT molecular complexity index is 2260. The maximum atomic E-state index is 5.63. The Balaban J connectivity index is 1.40. The fraction of sp³-hybridized carbons (Fsp3) is 0.436. The van der Waals surface area contributed by atoms with Crippen molar-refractivity contribution in [2.75, 3.05) is 0 Å². The van der Waals surface area contributed by atoms with Crippen LogP contribution in [-0.4, -0.2) is 51.7 Å². The van der Waals surface area contributed by atoms with Gasteiger partial charge in [-0.1, -0.05) is 0 Å². The summed E-state index contributed by atoms with van der Waals surface area (Å²) in [7, 11) is 0. The average Bonchev–Trinajstić information content (AvgIpc) is 4.20. The summed E-state index contributed by atoms with van der Waals surface area (Å²) in [6.07, 6.45) is 15.5. The van der Waals surface area contributed by atoms with E-state index in [1.807, 2.05) is 45.3 Å². The fourth-order valence-corrected chi connectivity index (χ4v) is 45.2. The van der Waals surface area contributed by atoms with Crippen LogP contribution >= 0.6 is 45.3 Å². The molecular formula is C55H71N3S4Sn2. The summed E-state index contributed by atoms with van der Waals surface area (Å²) in [5.74, 6) is 0. The van der Waals surface area contributed by atoms with Gasteiger partial charge in [0.15, 0.2) is 0 Å². The van der Waals surface area contributed by atoms with E-state index in [1.165, 1.54) is 133 Å². The van der Waals surface area contributed by atoms with Crippen LogP contribution in [0.1, 0.15) is 119 Å². The van der Waals surface area contributed by atoms with Crippen LogP contribution in [0.2, 0.25) is 26.6 Å². The van der Waals surface area contributed by atoms with Crippen LogP contribution in [0.5, 0.6) is 0 Å². The van der Waals surface area contributed by atoms with Gasteiger partial charge in [0.25, 0.3) is 0 Å². The predicted molar refractivity (Wildman–Crippen MR) is 293 cm³/mol. The molecule has 0 bridgehead atoms. The predicted octanol–water partition coefficient (Wildman–Crippen LogP) is 18.2. The summed E-state index contributed by atoms with van der Waals surface area (Å²) in [5, 5.41) is 4.37. The number of nitrogens with zero attached hydrogens (tertiary/aromatic N) is 3. The van der Waals surface area contributed by atoms with Gasteiger partial charge in [0.2, 0.25) is 0 Å². The van der Waals surface area contributed by atoms with Crippen molar-refractivity contribution in [1.29, 1.82) is 0 Å².